The van der Waals surface area contributed by atoms with E-state index in [4.69, 9.17) is 21.1 Å². The Bertz CT molecular complexity index is 1060. The molecule has 1 saturated carbocycles. The molecule has 0 atom stereocenters. The van der Waals surface area contributed by atoms with Crippen molar-refractivity contribution in [3.8, 4) is 11.5 Å². The van der Waals surface area contributed by atoms with Crippen molar-refractivity contribution < 1.29 is 14.3 Å². The van der Waals surface area contributed by atoms with Crippen molar-refractivity contribution in [2.24, 2.45) is 0 Å². The summed E-state index contributed by atoms with van der Waals surface area (Å²) < 4.78 is 10.8. The van der Waals surface area contributed by atoms with Gasteiger partial charge in [0.25, 0.3) is 0 Å². The van der Waals surface area contributed by atoms with Crippen LogP contribution in [0.2, 0.25) is 5.02 Å². The van der Waals surface area contributed by atoms with Crippen LogP contribution < -0.4 is 14.8 Å². The van der Waals surface area contributed by atoms with Crippen molar-refractivity contribution in [3.63, 3.8) is 0 Å². The summed E-state index contributed by atoms with van der Waals surface area (Å²) in [7, 11) is 0. The number of benzene rings is 2. The quantitative estimate of drug-likeness (QED) is 0.654. The fourth-order valence-corrected chi connectivity index (χ4v) is 4.49. The minimum absolute atomic E-state index is 0.000640. The third-order valence-electron chi connectivity index (χ3n) is 5.20. The van der Waals surface area contributed by atoms with Gasteiger partial charge in [-0.05, 0) is 42.2 Å². The van der Waals surface area contributed by atoms with Gasteiger partial charge in [0.1, 0.15) is 5.00 Å². The van der Waals surface area contributed by atoms with Gasteiger partial charge in [-0.25, -0.2) is 4.98 Å². The molecule has 142 valence electrons. The molecule has 1 N–H and O–H groups in total. The zero-order valence-corrected chi connectivity index (χ0v) is 16.5. The number of thiazole rings is 1. The number of ether oxygens (including phenoxy) is 2. The number of hydrogen-bond acceptors (Lipinski definition) is 5. The largest absolute Gasteiger partial charge is 0.454 e. The number of halogens is 1. The van der Waals surface area contributed by atoms with Crippen LogP contribution >= 0.6 is 22.9 Å². The molecular weight excluding hydrogens is 396 g/mol. The van der Waals surface area contributed by atoms with Crippen molar-refractivity contribution >= 4 is 33.8 Å². The zero-order chi connectivity index (χ0) is 19.1. The van der Waals surface area contributed by atoms with Crippen molar-refractivity contribution in [1.82, 2.24) is 4.98 Å². The molecule has 5 rings (SSSR count). The number of nitrogens with one attached hydrogen (secondary N) is 1. The molecule has 0 bridgehead atoms. The molecule has 1 fully saturated rings. The first-order chi connectivity index (χ1) is 13.6. The zero-order valence-electron chi connectivity index (χ0n) is 14.9. The maximum Gasteiger partial charge on any atom is 0.235 e. The molecule has 1 amide bonds. The summed E-state index contributed by atoms with van der Waals surface area (Å²) in [5, 5.41) is 5.43. The number of carbonyl (C=O) groups is 1. The molecule has 0 radical (unpaired) electrons. The lowest BCUT2D eigenvalue weighted by Crippen LogP contribution is -2.27. The van der Waals surface area contributed by atoms with E-state index in [1.54, 1.807) is 6.20 Å². The highest BCUT2D eigenvalue weighted by Gasteiger charge is 2.51. The van der Waals surface area contributed by atoms with Gasteiger partial charge in [0, 0.05) is 11.4 Å². The van der Waals surface area contributed by atoms with Gasteiger partial charge in [-0.1, -0.05) is 35.9 Å². The van der Waals surface area contributed by atoms with Gasteiger partial charge in [-0.3, -0.25) is 4.79 Å². The third-order valence-corrected chi connectivity index (χ3v) is 6.48. The Morgan fingerprint density at radius 1 is 1.18 bits per heavy atom. The summed E-state index contributed by atoms with van der Waals surface area (Å²) in [5.41, 5.74) is 1.50. The Balaban J connectivity index is 1.31. The summed E-state index contributed by atoms with van der Waals surface area (Å²) in [5.74, 6) is 1.43. The van der Waals surface area contributed by atoms with Crippen LogP contribution in [0.5, 0.6) is 11.5 Å². The molecule has 1 aromatic heterocycles. The summed E-state index contributed by atoms with van der Waals surface area (Å²) in [6.45, 7) is 0.229. The number of carbonyl (C=O) groups excluding carboxylic acids is 1. The second-order valence-corrected chi connectivity index (χ2v) is 8.51. The highest BCUT2D eigenvalue weighted by atomic mass is 35.5. The first-order valence-corrected chi connectivity index (χ1v) is 10.2. The Kier molecular flexibility index (Phi) is 4.25. The lowest BCUT2D eigenvalue weighted by atomic mass is 9.94. The van der Waals surface area contributed by atoms with E-state index in [-0.39, 0.29) is 12.7 Å². The van der Waals surface area contributed by atoms with Gasteiger partial charge in [0.05, 0.1) is 16.6 Å². The molecule has 2 aliphatic rings. The van der Waals surface area contributed by atoms with Gasteiger partial charge >= 0.3 is 0 Å². The smallest absolute Gasteiger partial charge is 0.235 e. The topological polar surface area (TPSA) is 60.5 Å². The lowest BCUT2D eigenvalue weighted by molar-refractivity contribution is -0.118. The average Bonchev–Trinajstić information content (AvgIpc) is 3.18. The van der Waals surface area contributed by atoms with Crippen LogP contribution in [-0.2, 0) is 16.6 Å². The molecule has 5 nitrogen and oxygen atoms in total. The van der Waals surface area contributed by atoms with E-state index in [0.29, 0.717) is 12.2 Å². The first kappa shape index (κ1) is 17.5. The van der Waals surface area contributed by atoms with Crippen molar-refractivity contribution in [2.75, 3.05) is 12.1 Å². The van der Waals surface area contributed by atoms with Crippen molar-refractivity contribution in [2.45, 2.75) is 24.7 Å². The van der Waals surface area contributed by atoms with E-state index in [9.17, 15) is 4.79 Å². The normalized spacial score (nSPS) is 16.0. The number of nitrogens with zero attached hydrogens (tertiary/aromatic N) is 1. The number of hydrogen-bond donors (Lipinski definition) is 1. The third kappa shape index (κ3) is 3.12. The highest BCUT2D eigenvalue weighted by Crippen LogP contribution is 2.51. The van der Waals surface area contributed by atoms with Crippen molar-refractivity contribution in [3.05, 3.63) is 69.8 Å². The van der Waals surface area contributed by atoms with Crippen LogP contribution in [0.25, 0.3) is 0 Å². The fraction of sp³-hybridized carbons (Fsp3) is 0.238. The van der Waals surface area contributed by atoms with E-state index in [1.807, 2.05) is 42.5 Å². The maximum atomic E-state index is 13.0. The molecule has 2 aromatic carbocycles. The molecule has 0 unspecified atom stereocenters. The number of amides is 1. The lowest BCUT2D eigenvalue weighted by Gasteiger charge is -2.15. The van der Waals surface area contributed by atoms with Crippen molar-refractivity contribution in [1.29, 1.82) is 0 Å². The predicted octanol–water partition coefficient (Wildman–Crippen LogP) is 4.79. The molecule has 28 heavy (non-hydrogen) atoms. The standard InChI is InChI=1S/C21H17ClN2O3S/c22-15-4-2-1-3-13(15)9-18-23-11-19(28-18)24-20(25)21(7-8-21)14-5-6-16-17(10-14)27-12-26-16/h1-6,10-11H,7-9,12H2,(H,24,25). The van der Waals surface area contributed by atoms with Crippen LogP contribution in [0.4, 0.5) is 5.00 Å². The molecule has 1 aliphatic carbocycles. The van der Waals surface area contributed by atoms with Gasteiger partial charge in [-0.2, -0.15) is 0 Å². The predicted molar refractivity (Wildman–Crippen MR) is 108 cm³/mol. The number of fused-ring (bicyclic) bond motifs is 1. The summed E-state index contributed by atoms with van der Waals surface area (Å²) in [6, 6.07) is 13.5. The minimum atomic E-state index is -0.492. The maximum absolute atomic E-state index is 13.0. The SMILES string of the molecule is O=C(Nc1cnc(Cc2ccccc2Cl)s1)C1(c2ccc3c(c2)OCO3)CC1. The average molecular weight is 413 g/mol. The van der Waals surface area contributed by atoms with E-state index in [0.717, 1.165) is 44.7 Å². The van der Waals surface area contributed by atoms with Crippen LogP contribution in [0.1, 0.15) is 29.0 Å². The van der Waals surface area contributed by atoms with Gasteiger partial charge in [-0.15, -0.1) is 11.3 Å². The minimum Gasteiger partial charge on any atom is -0.454 e. The second-order valence-electron chi connectivity index (χ2n) is 6.99. The van der Waals surface area contributed by atoms with Crippen LogP contribution in [0, 0.1) is 0 Å². The molecule has 2 heterocycles. The van der Waals surface area contributed by atoms with Crippen LogP contribution in [0.15, 0.2) is 48.7 Å². The molecule has 0 spiro atoms. The molecular formula is C21H17ClN2O3S. The first-order valence-electron chi connectivity index (χ1n) is 9.04. The summed E-state index contributed by atoms with van der Waals surface area (Å²) in [4.78, 5) is 17.4. The van der Waals surface area contributed by atoms with Crippen LogP contribution in [0.3, 0.4) is 0 Å². The molecule has 0 saturated heterocycles. The Hall–Kier alpha value is -2.57. The van der Waals surface area contributed by atoms with E-state index in [2.05, 4.69) is 10.3 Å². The highest BCUT2D eigenvalue weighted by molar-refractivity contribution is 7.15. The number of aromatic nitrogens is 1. The van der Waals surface area contributed by atoms with Gasteiger partial charge < -0.3 is 14.8 Å². The van der Waals surface area contributed by atoms with Gasteiger partial charge in [0.2, 0.25) is 12.7 Å². The number of rotatable bonds is 5. The molecule has 3 aromatic rings. The molecule has 1 aliphatic heterocycles. The van der Waals surface area contributed by atoms with E-state index < -0.39 is 5.41 Å². The Labute approximate surface area is 171 Å². The fourth-order valence-electron chi connectivity index (χ4n) is 3.45. The van der Waals surface area contributed by atoms with E-state index >= 15 is 0 Å². The van der Waals surface area contributed by atoms with Crippen LogP contribution in [-0.4, -0.2) is 17.7 Å². The second kappa shape index (κ2) is 6.79. The Morgan fingerprint density at radius 3 is 2.82 bits per heavy atom. The van der Waals surface area contributed by atoms with E-state index in [1.165, 1.54) is 11.3 Å². The monoisotopic (exact) mass is 412 g/mol. The summed E-state index contributed by atoms with van der Waals surface area (Å²) >= 11 is 7.71. The van der Waals surface area contributed by atoms with Gasteiger partial charge in [0.15, 0.2) is 11.5 Å². The number of anilines is 1. The summed E-state index contributed by atoms with van der Waals surface area (Å²) in [6.07, 6.45) is 4.01. The molecule has 7 heteroatoms. The Morgan fingerprint density at radius 2 is 2.00 bits per heavy atom.